The van der Waals surface area contributed by atoms with Gasteiger partial charge in [0.15, 0.2) is 11.6 Å². The van der Waals surface area contributed by atoms with Crippen LogP contribution in [0.1, 0.15) is 36.8 Å². The predicted molar refractivity (Wildman–Crippen MR) is 115 cm³/mol. The van der Waals surface area contributed by atoms with Crippen LogP contribution in [0, 0.1) is 17.1 Å². The van der Waals surface area contributed by atoms with Gasteiger partial charge in [0, 0.05) is 31.4 Å². The molecular formula is C24H25FN4O3. The van der Waals surface area contributed by atoms with Crippen molar-refractivity contribution in [1.29, 1.82) is 5.26 Å². The van der Waals surface area contributed by atoms with Gasteiger partial charge in [0.05, 0.1) is 18.3 Å². The molecule has 2 bridgehead atoms. The number of aromatic nitrogens is 1. The van der Waals surface area contributed by atoms with Crippen molar-refractivity contribution in [2.24, 2.45) is 0 Å². The summed E-state index contributed by atoms with van der Waals surface area (Å²) in [6, 6.07) is 11.0. The SMILES string of the molecule is COc1ccc(C2(OCC(=O)N3CC4CCC(C3)N4c3ccc(C#N)cn3)CC2)cc1F. The Morgan fingerprint density at radius 1 is 1.25 bits per heavy atom. The van der Waals surface area contributed by atoms with Crippen LogP contribution >= 0.6 is 0 Å². The van der Waals surface area contributed by atoms with Gasteiger partial charge < -0.3 is 19.3 Å². The summed E-state index contributed by atoms with van der Waals surface area (Å²) in [6.07, 6.45) is 5.15. The zero-order chi connectivity index (χ0) is 22.3. The van der Waals surface area contributed by atoms with Crippen LogP contribution < -0.4 is 9.64 Å². The molecule has 3 fully saturated rings. The van der Waals surface area contributed by atoms with Crippen LogP contribution in [0.15, 0.2) is 36.5 Å². The Hall–Kier alpha value is -3.18. The second-order valence-electron chi connectivity index (χ2n) is 8.74. The van der Waals surface area contributed by atoms with E-state index in [1.165, 1.54) is 13.2 Å². The number of pyridine rings is 1. The van der Waals surface area contributed by atoms with E-state index in [1.807, 2.05) is 17.0 Å². The Morgan fingerprint density at radius 3 is 2.56 bits per heavy atom. The molecule has 2 unspecified atom stereocenters. The third-order valence-electron chi connectivity index (χ3n) is 6.83. The maximum atomic E-state index is 14.1. The molecule has 2 saturated heterocycles. The second-order valence-corrected chi connectivity index (χ2v) is 8.74. The van der Waals surface area contributed by atoms with E-state index in [0.29, 0.717) is 18.7 Å². The van der Waals surface area contributed by atoms with Gasteiger partial charge >= 0.3 is 0 Å². The summed E-state index contributed by atoms with van der Waals surface area (Å²) in [5, 5.41) is 8.99. The molecule has 1 amide bonds. The maximum absolute atomic E-state index is 14.1. The Balaban J connectivity index is 1.21. The molecule has 1 saturated carbocycles. The Kier molecular flexibility index (Phi) is 5.22. The first-order chi connectivity index (χ1) is 15.5. The van der Waals surface area contributed by atoms with E-state index in [-0.39, 0.29) is 30.3 Å². The number of methoxy groups -OCH3 is 1. The number of carbonyl (C=O) groups excluding carboxylic acids is 1. The fourth-order valence-corrected chi connectivity index (χ4v) is 4.96. The highest BCUT2D eigenvalue weighted by atomic mass is 19.1. The van der Waals surface area contributed by atoms with Crippen molar-refractivity contribution in [3.8, 4) is 11.8 Å². The van der Waals surface area contributed by atoms with Gasteiger partial charge in [-0.3, -0.25) is 4.79 Å². The molecular weight excluding hydrogens is 411 g/mol. The number of hydrogen-bond acceptors (Lipinski definition) is 6. The summed E-state index contributed by atoms with van der Waals surface area (Å²) >= 11 is 0. The van der Waals surface area contributed by atoms with Gasteiger partial charge in [-0.1, -0.05) is 6.07 Å². The van der Waals surface area contributed by atoms with Gasteiger partial charge in [-0.15, -0.1) is 0 Å². The number of carbonyl (C=O) groups is 1. The largest absolute Gasteiger partial charge is 0.494 e. The summed E-state index contributed by atoms with van der Waals surface area (Å²) in [7, 11) is 1.43. The standard InChI is InChI=1S/C24H25FN4O3/c1-31-21-6-3-17(10-20(21)25)24(8-9-24)32-15-23(30)28-13-18-4-5-19(14-28)29(18)22-7-2-16(11-26)12-27-22/h2-3,6-7,10,12,18-19H,4-5,8-9,13-15H2,1H3. The third-order valence-corrected chi connectivity index (χ3v) is 6.83. The lowest BCUT2D eigenvalue weighted by Gasteiger charge is -2.41. The van der Waals surface area contributed by atoms with Crippen LogP contribution in [0.3, 0.4) is 0 Å². The predicted octanol–water partition coefficient (Wildman–Crippen LogP) is 2.99. The molecule has 0 radical (unpaired) electrons. The van der Waals surface area contributed by atoms with Gasteiger partial charge in [-0.05, 0) is 55.5 Å². The number of piperazine rings is 1. The van der Waals surface area contributed by atoms with Crippen LogP contribution in [0.2, 0.25) is 0 Å². The minimum atomic E-state index is -0.573. The topological polar surface area (TPSA) is 78.7 Å². The van der Waals surface area contributed by atoms with E-state index >= 15 is 0 Å². The third kappa shape index (κ3) is 3.67. The lowest BCUT2D eigenvalue weighted by atomic mass is 10.1. The monoisotopic (exact) mass is 436 g/mol. The van der Waals surface area contributed by atoms with E-state index in [0.717, 1.165) is 37.1 Å². The summed E-state index contributed by atoms with van der Waals surface area (Å²) < 4.78 is 25.2. The van der Waals surface area contributed by atoms with Crippen LogP contribution in [0.25, 0.3) is 0 Å². The van der Waals surface area contributed by atoms with Gasteiger partial charge in [0.2, 0.25) is 5.91 Å². The molecule has 3 aliphatic rings. The number of halogens is 1. The molecule has 0 N–H and O–H groups in total. The quantitative estimate of drug-likeness (QED) is 0.693. The highest BCUT2D eigenvalue weighted by Gasteiger charge is 2.47. The van der Waals surface area contributed by atoms with Gasteiger partial charge in [0.25, 0.3) is 0 Å². The Bertz CT molecular complexity index is 1050. The number of amides is 1. The van der Waals surface area contributed by atoms with Crippen molar-refractivity contribution in [3.63, 3.8) is 0 Å². The van der Waals surface area contributed by atoms with Crippen LogP contribution in [0.4, 0.5) is 10.2 Å². The maximum Gasteiger partial charge on any atom is 0.248 e. The van der Waals surface area contributed by atoms with E-state index in [1.54, 1.807) is 18.3 Å². The molecule has 2 aliphatic heterocycles. The van der Waals surface area contributed by atoms with Gasteiger partial charge in [0.1, 0.15) is 18.5 Å². The van der Waals surface area contributed by atoms with Crippen molar-refractivity contribution in [1.82, 2.24) is 9.88 Å². The number of fused-ring (bicyclic) bond motifs is 2. The number of rotatable bonds is 6. The van der Waals surface area contributed by atoms with Crippen LogP contribution in [-0.4, -0.2) is 54.7 Å². The number of nitriles is 1. The number of anilines is 1. The zero-order valence-electron chi connectivity index (χ0n) is 18.0. The summed E-state index contributed by atoms with van der Waals surface area (Å²) in [4.78, 5) is 21.6. The summed E-state index contributed by atoms with van der Waals surface area (Å²) in [6.45, 7) is 1.25. The minimum absolute atomic E-state index is 0.0117. The normalized spacial score (nSPS) is 23.0. The van der Waals surface area contributed by atoms with E-state index in [4.69, 9.17) is 14.7 Å². The highest BCUT2D eigenvalue weighted by molar-refractivity contribution is 5.78. The van der Waals surface area contributed by atoms with Gasteiger partial charge in [-0.25, -0.2) is 9.37 Å². The number of likely N-dealkylation sites (tertiary alicyclic amines) is 1. The molecule has 7 nitrogen and oxygen atoms in total. The molecule has 2 aromatic rings. The molecule has 1 aliphatic carbocycles. The summed E-state index contributed by atoms with van der Waals surface area (Å²) in [5.74, 6) is 0.606. The molecule has 166 valence electrons. The summed E-state index contributed by atoms with van der Waals surface area (Å²) in [5.41, 5.74) is 0.717. The fourth-order valence-electron chi connectivity index (χ4n) is 4.96. The van der Waals surface area contributed by atoms with E-state index < -0.39 is 11.4 Å². The highest BCUT2D eigenvalue weighted by Crippen LogP contribution is 2.50. The average Bonchev–Trinajstić information content (AvgIpc) is 3.57. The number of hydrogen-bond donors (Lipinski definition) is 0. The zero-order valence-corrected chi connectivity index (χ0v) is 18.0. The lowest BCUT2D eigenvalue weighted by molar-refractivity contribution is -0.140. The Labute approximate surface area is 186 Å². The molecule has 1 aromatic carbocycles. The molecule has 32 heavy (non-hydrogen) atoms. The van der Waals surface area contributed by atoms with Gasteiger partial charge in [-0.2, -0.15) is 5.26 Å². The fraction of sp³-hybridized carbons (Fsp3) is 0.458. The van der Waals surface area contributed by atoms with E-state index in [2.05, 4.69) is 16.0 Å². The van der Waals surface area contributed by atoms with Crippen LogP contribution in [0.5, 0.6) is 5.75 Å². The molecule has 5 rings (SSSR count). The van der Waals surface area contributed by atoms with Crippen LogP contribution in [-0.2, 0) is 15.1 Å². The van der Waals surface area contributed by atoms with Crippen molar-refractivity contribution in [3.05, 3.63) is 53.5 Å². The lowest BCUT2D eigenvalue weighted by Crippen LogP contribution is -2.56. The molecule has 0 spiro atoms. The molecule has 8 heteroatoms. The van der Waals surface area contributed by atoms with Crippen molar-refractivity contribution >= 4 is 11.7 Å². The Morgan fingerprint density at radius 2 is 2.00 bits per heavy atom. The smallest absolute Gasteiger partial charge is 0.248 e. The first-order valence-electron chi connectivity index (χ1n) is 10.9. The molecule has 3 heterocycles. The number of ether oxygens (including phenoxy) is 2. The minimum Gasteiger partial charge on any atom is -0.494 e. The number of benzene rings is 1. The molecule has 1 aromatic heterocycles. The van der Waals surface area contributed by atoms with Crippen molar-refractivity contribution < 1.29 is 18.7 Å². The first kappa shape index (κ1) is 20.7. The second kappa shape index (κ2) is 8.06. The van der Waals surface area contributed by atoms with Crippen molar-refractivity contribution in [2.75, 3.05) is 31.7 Å². The first-order valence-corrected chi connectivity index (χ1v) is 10.9. The molecule has 2 atom stereocenters. The van der Waals surface area contributed by atoms with E-state index in [9.17, 15) is 9.18 Å². The number of nitrogens with zero attached hydrogens (tertiary/aromatic N) is 4. The van der Waals surface area contributed by atoms with Crippen molar-refractivity contribution in [2.45, 2.75) is 43.4 Å². The average molecular weight is 436 g/mol.